The number of fused-ring (bicyclic) bond motifs is 4. The van der Waals surface area contributed by atoms with E-state index in [1.54, 1.807) is 10.8 Å². The first-order valence-corrected chi connectivity index (χ1v) is 26.4. The van der Waals surface area contributed by atoms with Crippen LogP contribution in [0.5, 0.6) is 0 Å². The summed E-state index contributed by atoms with van der Waals surface area (Å²) in [6.07, 6.45) is 9.03. The van der Waals surface area contributed by atoms with Gasteiger partial charge in [0, 0.05) is 43.1 Å². The fraction of sp³-hybridized carbons (Fsp3) is 0.281. The summed E-state index contributed by atoms with van der Waals surface area (Å²) in [4.78, 5) is 14.7. The predicted molar refractivity (Wildman–Crippen MR) is 266 cm³/mol. The van der Waals surface area contributed by atoms with Gasteiger partial charge in [-0.2, -0.15) is 0 Å². The van der Waals surface area contributed by atoms with Crippen LogP contribution in [0.3, 0.4) is 0 Å². The van der Waals surface area contributed by atoms with E-state index >= 15 is 0 Å². The maximum absolute atomic E-state index is 6.44. The average molecular weight is 1040 g/mol. The van der Waals surface area contributed by atoms with Crippen LogP contribution < -0.4 is 5.19 Å². The third-order valence-electron chi connectivity index (χ3n) is 12.7. The largest absolute Gasteiger partial charge is 0.486 e. The zero-order chi connectivity index (χ0) is 43.8. The van der Waals surface area contributed by atoms with Crippen molar-refractivity contribution in [3.63, 3.8) is 0 Å². The first-order chi connectivity index (χ1) is 30.5. The summed E-state index contributed by atoms with van der Waals surface area (Å²) in [5, 5.41) is 3.58. The van der Waals surface area contributed by atoms with Gasteiger partial charge < -0.3 is 14.0 Å². The van der Waals surface area contributed by atoms with Crippen molar-refractivity contribution in [2.75, 3.05) is 0 Å². The molecule has 5 aromatic carbocycles. The first kappa shape index (κ1) is 45.1. The number of rotatable bonds is 8. The third kappa shape index (κ3) is 8.96. The molecule has 4 heterocycles. The molecule has 0 amide bonds. The van der Waals surface area contributed by atoms with Crippen molar-refractivity contribution in [2.45, 2.75) is 104 Å². The fourth-order valence-corrected chi connectivity index (χ4v) is 11.1. The molecular formula is C57H58IrN4OSi-2. The van der Waals surface area contributed by atoms with E-state index in [0.29, 0.717) is 17.5 Å². The molecule has 1 radical (unpaired) electrons. The van der Waals surface area contributed by atoms with Gasteiger partial charge in [0.15, 0.2) is 0 Å². The van der Waals surface area contributed by atoms with Crippen LogP contribution in [0.1, 0.15) is 99.9 Å². The summed E-state index contributed by atoms with van der Waals surface area (Å²) in [5.41, 5.74) is 15.2. The van der Waals surface area contributed by atoms with Gasteiger partial charge in [-0.3, -0.25) is 4.98 Å². The molecule has 1 fully saturated rings. The Morgan fingerprint density at radius 1 is 0.703 bits per heavy atom. The van der Waals surface area contributed by atoms with Gasteiger partial charge in [-0.1, -0.05) is 132 Å². The van der Waals surface area contributed by atoms with Crippen molar-refractivity contribution in [3.05, 3.63) is 162 Å². The van der Waals surface area contributed by atoms with Crippen molar-refractivity contribution in [3.8, 4) is 39.5 Å². The van der Waals surface area contributed by atoms with Crippen LogP contribution in [-0.4, -0.2) is 27.6 Å². The molecule has 0 saturated heterocycles. The summed E-state index contributed by atoms with van der Waals surface area (Å²) in [6.45, 7) is 18.4. The van der Waals surface area contributed by atoms with Crippen molar-refractivity contribution < 1.29 is 24.5 Å². The van der Waals surface area contributed by atoms with Gasteiger partial charge in [0.1, 0.15) is 0 Å². The summed E-state index contributed by atoms with van der Waals surface area (Å²) in [5.74, 6) is 2.14. The van der Waals surface area contributed by atoms with Crippen LogP contribution in [-0.2, 0) is 20.1 Å². The van der Waals surface area contributed by atoms with Gasteiger partial charge >= 0.3 is 0 Å². The van der Waals surface area contributed by atoms with E-state index in [1.165, 1.54) is 60.0 Å². The molecular weight excluding hydrogens is 977 g/mol. The minimum absolute atomic E-state index is 0. The molecule has 5 nitrogen and oxygen atoms in total. The standard InChI is InChI=1S/C37H32N3O.C20H26NSi.Ir/c1-22(2)30-20-26(25-12-7-6-8-13-25)21-31(23(3)4)34(30)40-33-17-10-9-16-32(33)39-36(40)29-15-11-14-27-28-19-18-24(5)38-37(28)41-35(27)29;1-22(2,3)20-15-21-19(17-12-8-5-9-13-17)14-18(20)16-10-6-4-7-11-16;/h6-14,16-23H,1-5H3;5,8-9,12,14-16H,4,6-7,10-11H2,1-3H3;/q2*-1;. The average Bonchev–Trinajstić information content (AvgIpc) is 3.87. The number of pyridine rings is 2. The molecule has 0 unspecified atom stereocenters. The topological polar surface area (TPSA) is 56.7 Å². The van der Waals surface area contributed by atoms with E-state index in [2.05, 4.69) is 166 Å². The Bertz CT molecular complexity index is 3020. The van der Waals surface area contributed by atoms with Crippen molar-refractivity contribution >= 4 is 46.4 Å². The molecule has 327 valence electrons. The van der Waals surface area contributed by atoms with Gasteiger partial charge in [-0.25, -0.2) is 4.98 Å². The quantitative estimate of drug-likeness (QED) is 0.112. The normalized spacial score (nSPS) is 13.4. The van der Waals surface area contributed by atoms with Crippen LogP contribution in [0.25, 0.3) is 72.6 Å². The molecule has 9 aromatic rings. The van der Waals surface area contributed by atoms with Gasteiger partial charge in [0.05, 0.1) is 30.5 Å². The molecule has 7 heteroatoms. The van der Waals surface area contributed by atoms with Crippen molar-refractivity contribution in [2.24, 2.45) is 0 Å². The van der Waals surface area contributed by atoms with Crippen molar-refractivity contribution in [1.29, 1.82) is 0 Å². The Morgan fingerprint density at radius 2 is 1.41 bits per heavy atom. The SMILES string of the molecule is C[Si](C)(C)c1cnc(-c2[c-]cccc2)cc1C1CCCCC1.Cc1ccc2c(n1)oc1c(-c3nc4ccccc4n3-c3c(C(C)C)cc(-c4ccccc4)cc3C(C)C)[c-]ccc12.[Ir]. The van der Waals surface area contributed by atoms with Gasteiger partial charge in [-0.15, -0.1) is 54.1 Å². The van der Waals surface area contributed by atoms with Crippen LogP contribution in [0.2, 0.25) is 19.6 Å². The number of benzene rings is 5. The number of aromatic nitrogens is 4. The fourth-order valence-electron chi connectivity index (χ4n) is 9.47. The molecule has 4 aromatic heterocycles. The Morgan fingerprint density at radius 3 is 2.09 bits per heavy atom. The first-order valence-electron chi connectivity index (χ1n) is 22.9. The Hall–Kier alpha value is -5.46. The number of furan rings is 1. The summed E-state index contributed by atoms with van der Waals surface area (Å²) >= 11 is 0. The van der Waals surface area contributed by atoms with E-state index in [0.717, 1.165) is 61.6 Å². The number of aryl methyl sites for hydroxylation is 1. The zero-order valence-corrected chi connectivity index (χ0v) is 41.8. The van der Waals surface area contributed by atoms with Crippen LogP contribution >= 0.6 is 0 Å². The Labute approximate surface area is 393 Å². The molecule has 64 heavy (non-hydrogen) atoms. The van der Waals surface area contributed by atoms with Crippen LogP contribution in [0.4, 0.5) is 0 Å². The smallest absolute Gasteiger partial charge is 0.216 e. The third-order valence-corrected chi connectivity index (χ3v) is 14.8. The monoisotopic (exact) mass is 1040 g/mol. The van der Waals surface area contributed by atoms with E-state index in [4.69, 9.17) is 14.4 Å². The molecule has 0 aliphatic heterocycles. The molecule has 10 rings (SSSR count). The second-order valence-corrected chi connectivity index (χ2v) is 24.0. The summed E-state index contributed by atoms with van der Waals surface area (Å²) < 4.78 is 8.78. The molecule has 1 aliphatic rings. The Balaban J connectivity index is 0.000000206. The van der Waals surface area contributed by atoms with E-state index in [9.17, 15) is 0 Å². The maximum Gasteiger partial charge on any atom is 0.216 e. The molecule has 1 saturated carbocycles. The van der Waals surface area contributed by atoms with E-state index < -0.39 is 8.07 Å². The molecule has 1 aliphatic carbocycles. The van der Waals surface area contributed by atoms with Gasteiger partial charge in [0.2, 0.25) is 5.71 Å². The number of imidazole rings is 1. The number of hydrogen-bond donors (Lipinski definition) is 0. The van der Waals surface area contributed by atoms with Gasteiger partial charge in [0.25, 0.3) is 0 Å². The van der Waals surface area contributed by atoms with Crippen LogP contribution in [0, 0.1) is 19.1 Å². The maximum atomic E-state index is 6.44. The van der Waals surface area contributed by atoms with Crippen LogP contribution in [0.15, 0.2) is 132 Å². The molecule has 0 atom stereocenters. The molecule has 0 spiro atoms. The van der Waals surface area contributed by atoms with E-state index in [1.807, 2.05) is 37.3 Å². The Kier molecular flexibility index (Phi) is 13.4. The predicted octanol–water partition coefficient (Wildman–Crippen LogP) is 15.1. The van der Waals surface area contributed by atoms with E-state index in [-0.39, 0.29) is 20.1 Å². The summed E-state index contributed by atoms with van der Waals surface area (Å²) in [6, 6.07) is 49.3. The second kappa shape index (κ2) is 18.9. The number of nitrogens with zero attached hydrogens (tertiary/aromatic N) is 4. The minimum atomic E-state index is -1.36. The molecule has 0 N–H and O–H groups in total. The second-order valence-electron chi connectivity index (χ2n) is 19.0. The van der Waals surface area contributed by atoms with Crippen molar-refractivity contribution in [1.82, 2.24) is 19.5 Å². The van der Waals surface area contributed by atoms with Gasteiger partial charge in [-0.05, 0) is 107 Å². The zero-order valence-electron chi connectivity index (χ0n) is 38.4. The number of hydrogen-bond acceptors (Lipinski definition) is 4. The minimum Gasteiger partial charge on any atom is -0.486 e. The molecule has 0 bridgehead atoms. The number of para-hydroxylation sites is 2. The summed E-state index contributed by atoms with van der Waals surface area (Å²) in [7, 11) is -1.36.